The molecule has 3 rings (SSSR count). The number of carbonyl (C=O) groups excluding carboxylic acids is 3. The van der Waals surface area contributed by atoms with E-state index in [4.69, 9.17) is 5.73 Å². The summed E-state index contributed by atoms with van der Waals surface area (Å²) in [6.45, 7) is 3.62. The molecule has 13 nitrogen and oxygen atoms in total. The number of phenolic OH excluding ortho intramolecular Hbond substituents is 1. The number of carbonyl (C=O) groups is 5. The molecule has 0 aliphatic carbocycles. The third kappa shape index (κ3) is 9.57. The summed E-state index contributed by atoms with van der Waals surface area (Å²) >= 11 is 0. The Labute approximate surface area is 247 Å². The largest absolute Gasteiger partial charge is 0.508 e. The van der Waals surface area contributed by atoms with Gasteiger partial charge in [-0.15, -0.1) is 0 Å². The first-order valence-electron chi connectivity index (χ1n) is 13.8. The number of nitrogens with two attached hydrogens (primary N) is 1. The summed E-state index contributed by atoms with van der Waals surface area (Å²) < 4.78 is 0. The van der Waals surface area contributed by atoms with Crippen molar-refractivity contribution < 1.29 is 39.3 Å². The van der Waals surface area contributed by atoms with Crippen molar-refractivity contribution in [1.29, 1.82) is 0 Å². The number of aliphatic carboxylic acids is 2. The number of hydrogen-bond acceptors (Lipinski definition) is 7. The molecule has 9 N–H and O–H groups in total. The number of aromatic nitrogens is 1. The van der Waals surface area contributed by atoms with E-state index >= 15 is 0 Å². The molecule has 230 valence electrons. The Kier molecular flexibility index (Phi) is 11.2. The zero-order chi connectivity index (χ0) is 31.7. The van der Waals surface area contributed by atoms with Gasteiger partial charge in [0.2, 0.25) is 17.7 Å². The van der Waals surface area contributed by atoms with Crippen molar-refractivity contribution >= 4 is 40.6 Å². The molecule has 1 aromatic heterocycles. The molecule has 0 radical (unpaired) electrons. The van der Waals surface area contributed by atoms with Crippen LogP contribution in [0.25, 0.3) is 10.9 Å². The number of aromatic hydroxyl groups is 1. The first-order chi connectivity index (χ1) is 20.3. The van der Waals surface area contributed by atoms with Crippen molar-refractivity contribution in [3.63, 3.8) is 0 Å². The highest BCUT2D eigenvalue weighted by Crippen LogP contribution is 2.19. The number of para-hydroxylation sites is 1. The fourth-order valence-electron chi connectivity index (χ4n) is 4.61. The molecule has 0 saturated heterocycles. The Morgan fingerprint density at radius 2 is 1.42 bits per heavy atom. The first kappa shape index (κ1) is 32.6. The van der Waals surface area contributed by atoms with Crippen molar-refractivity contribution in [3.8, 4) is 5.75 Å². The number of hydrogen-bond donors (Lipinski definition) is 8. The zero-order valence-electron chi connectivity index (χ0n) is 23.9. The van der Waals surface area contributed by atoms with Crippen LogP contribution in [0.1, 0.15) is 37.8 Å². The summed E-state index contributed by atoms with van der Waals surface area (Å²) in [6, 6.07) is 8.14. The average Bonchev–Trinajstić information content (AvgIpc) is 3.35. The van der Waals surface area contributed by atoms with E-state index < -0.39 is 60.2 Å². The number of rotatable bonds is 15. The maximum absolute atomic E-state index is 13.3. The Morgan fingerprint density at radius 1 is 0.814 bits per heavy atom. The van der Waals surface area contributed by atoms with E-state index in [1.807, 2.05) is 26.0 Å². The number of H-pyrrole nitrogens is 1. The Bertz CT molecular complexity index is 1450. The van der Waals surface area contributed by atoms with Gasteiger partial charge >= 0.3 is 11.9 Å². The molecule has 3 aromatic rings. The highest BCUT2D eigenvalue weighted by Gasteiger charge is 2.32. The summed E-state index contributed by atoms with van der Waals surface area (Å²) in [5.74, 6) is -5.22. The predicted molar refractivity (Wildman–Crippen MR) is 157 cm³/mol. The molecular weight excluding hydrogens is 558 g/mol. The van der Waals surface area contributed by atoms with Gasteiger partial charge in [0.05, 0.1) is 12.5 Å². The minimum atomic E-state index is -1.62. The first-order valence-corrected chi connectivity index (χ1v) is 13.8. The van der Waals surface area contributed by atoms with Crippen molar-refractivity contribution in [1.82, 2.24) is 20.9 Å². The molecule has 4 unspecified atom stereocenters. The van der Waals surface area contributed by atoms with Crippen molar-refractivity contribution in [2.75, 3.05) is 0 Å². The second-order valence-corrected chi connectivity index (χ2v) is 10.8. The Balaban J connectivity index is 1.71. The van der Waals surface area contributed by atoms with Crippen molar-refractivity contribution in [3.05, 3.63) is 65.9 Å². The molecule has 0 aliphatic heterocycles. The third-order valence-electron chi connectivity index (χ3n) is 6.79. The van der Waals surface area contributed by atoms with Gasteiger partial charge < -0.3 is 42.0 Å². The number of amides is 3. The highest BCUT2D eigenvalue weighted by atomic mass is 16.4. The lowest BCUT2D eigenvalue weighted by atomic mass is 10.0. The number of nitrogens with one attached hydrogen (secondary N) is 4. The predicted octanol–water partition coefficient (Wildman–Crippen LogP) is 1.05. The third-order valence-corrected chi connectivity index (χ3v) is 6.79. The fraction of sp³-hybridized carbons (Fsp3) is 0.367. The maximum Gasteiger partial charge on any atom is 0.326 e. The van der Waals surface area contributed by atoms with Crippen LogP contribution in [0.4, 0.5) is 0 Å². The van der Waals surface area contributed by atoms with Crippen LogP contribution < -0.4 is 21.7 Å². The molecule has 13 heteroatoms. The highest BCUT2D eigenvalue weighted by molar-refractivity contribution is 5.96. The molecular formula is C30H37N5O8. The maximum atomic E-state index is 13.3. The summed E-state index contributed by atoms with van der Waals surface area (Å²) in [7, 11) is 0. The monoisotopic (exact) mass is 595 g/mol. The summed E-state index contributed by atoms with van der Waals surface area (Å²) in [4.78, 5) is 65.9. The molecule has 0 bridgehead atoms. The topological polar surface area (TPSA) is 224 Å². The lowest BCUT2D eigenvalue weighted by molar-refractivity contribution is -0.143. The van der Waals surface area contributed by atoms with E-state index in [-0.39, 0.29) is 30.9 Å². The van der Waals surface area contributed by atoms with Gasteiger partial charge in [-0.05, 0) is 48.1 Å². The lowest BCUT2D eigenvalue weighted by Gasteiger charge is -2.25. The van der Waals surface area contributed by atoms with Gasteiger partial charge in [0.1, 0.15) is 23.9 Å². The molecule has 3 amide bonds. The van der Waals surface area contributed by atoms with E-state index in [0.717, 1.165) is 10.9 Å². The molecule has 0 fully saturated rings. The number of aromatic amines is 1. The molecule has 4 atom stereocenters. The van der Waals surface area contributed by atoms with Gasteiger partial charge in [-0.2, -0.15) is 0 Å². The quantitative estimate of drug-likeness (QED) is 0.125. The van der Waals surface area contributed by atoms with Gasteiger partial charge in [-0.1, -0.05) is 44.2 Å². The molecule has 43 heavy (non-hydrogen) atoms. The molecule has 2 aromatic carbocycles. The van der Waals surface area contributed by atoms with E-state index in [9.17, 15) is 39.3 Å². The van der Waals surface area contributed by atoms with Crippen molar-refractivity contribution in [2.45, 2.75) is 63.7 Å². The van der Waals surface area contributed by atoms with E-state index in [1.165, 1.54) is 12.1 Å². The van der Waals surface area contributed by atoms with Crippen LogP contribution in [0.5, 0.6) is 5.75 Å². The summed E-state index contributed by atoms with van der Waals surface area (Å²) in [6.07, 6.45) is 1.00. The minimum Gasteiger partial charge on any atom is -0.508 e. The van der Waals surface area contributed by atoms with Gasteiger partial charge in [-0.3, -0.25) is 19.2 Å². The van der Waals surface area contributed by atoms with Crippen molar-refractivity contribution in [2.24, 2.45) is 11.7 Å². The Morgan fingerprint density at radius 3 is 2.05 bits per heavy atom. The van der Waals surface area contributed by atoms with E-state index in [0.29, 0.717) is 11.1 Å². The number of carboxylic acids is 2. The smallest absolute Gasteiger partial charge is 0.326 e. The normalized spacial score (nSPS) is 14.0. The number of phenols is 1. The van der Waals surface area contributed by atoms with Crippen LogP contribution >= 0.6 is 0 Å². The number of carboxylic acid groups (broad SMARTS) is 2. The van der Waals surface area contributed by atoms with E-state index in [1.54, 1.807) is 30.5 Å². The molecule has 0 aliphatic rings. The van der Waals surface area contributed by atoms with Gasteiger partial charge in [0.25, 0.3) is 0 Å². The van der Waals surface area contributed by atoms with E-state index in [2.05, 4.69) is 20.9 Å². The average molecular weight is 596 g/mol. The molecule has 0 saturated carbocycles. The second-order valence-electron chi connectivity index (χ2n) is 10.8. The van der Waals surface area contributed by atoms with Crippen LogP contribution in [0, 0.1) is 5.92 Å². The summed E-state index contributed by atoms with van der Waals surface area (Å²) in [5, 5.41) is 36.7. The Hall–Kier alpha value is -4.91. The standard InChI is InChI=1S/C30H37N5O8/c1-16(2)11-23(33-27(39)21(31)12-17-7-9-19(36)10-8-17)28(40)34-24(14-26(37)38)29(41)35-25(30(42)43)13-18-15-32-22-6-4-3-5-20(18)22/h3-10,15-16,21,23-25,32,36H,11-14,31H2,1-2H3,(H,33,39)(H,34,40)(H,35,41)(H,37,38)(H,42,43). The second kappa shape index (κ2) is 14.8. The number of benzene rings is 2. The van der Waals surface area contributed by atoms with Crippen LogP contribution in [-0.4, -0.2) is 74.1 Å². The summed E-state index contributed by atoms with van der Waals surface area (Å²) in [5.41, 5.74) is 8.15. The lowest BCUT2D eigenvalue weighted by Crippen LogP contribution is -2.58. The van der Waals surface area contributed by atoms with Crippen LogP contribution in [0.2, 0.25) is 0 Å². The van der Waals surface area contributed by atoms with Crippen LogP contribution in [0.15, 0.2) is 54.7 Å². The van der Waals surface area contributed by atoms with Gasteiger partial charge in [0, 0.05) is 23.5 Å². The fourth-order valence-corrected chi connectivity index (χ4v) is 4.61. The molecule has 1 heterocycles. The molecule has 0 spiro atoms. The zero-order valence-corrected chi connectivity index (χ0v) is 23.9. The van der Waals surface area contributed by atoms with Crippen LogP contribution in [-0.2, 0) is 36.8 Å². The van der Waals surface area contributed by atoms with Crippen LogP contribution in [0.3, 0.4) is 0 Å². The minimum absolute atomic E-state index is 0.0584. The SMILES string of the molecule is CC(C)CC(NC(=O)C(N)Cc1ccc(O)cc1)C(=O)NC(CC(=O)O)C(=O)NC(Cc1c[nH]c2ccccc12)C(=O)O. The van der Waals surface area contributed by atoms with Gasteiger partial charge in [0.15, 0.2) is 0 Å². The van der Waals surface area contributed by atoms with Gasteiger partial charge in [-0.25, -0.2) is 4.79 Å². The number of fused-ring (bicyclic) bond motifs is 1.